The number of rotatable bonds is 9. The topological polar surface area (TPSA) is 137 Å². The first-order valence-corrected chi connectivity index (χ1v) is 12.6. The van der Waals surface area contributed by atoms with Crippen LogP contribution >= 0.6 is 0 Å². The van der Waals surface area contributed by atoms with Gasteiger partial charge in [-0.1, -0.05) is 24.3 Å². The first-order valence-electron chi connectivity index (χ1n) is 12.6. The van der Waals surface area contributed by atoms with E-state index in [0.29, 0.717) is 25.1 Å². The molecule has 5 rings (SSSR count). The van der Waals surface area contributed by atoms with E-state index in [1.54, 1.807) is 6.20 Å². The second-order valence-corrected chi connectivity index (χ2v) is 9.50. The molecule has 2 aliphatic heterocycles. The Morgan fingerprint density at radius 3 is 2.95 bits per heavy atom. The number of aliphatic carboxylic acids is 1. The molecule has 0 spiro atoms. The molecule has 2 amide bonds. The predicted octanol–water partition coefficient (Wildman–Crippen LogP) is 2.01. The smallest absolute Gasteiger partial charge is 0.305 e. The number of carbonyl (C=O) groups excluding carboxylic acids is 2. The van der Waals surface area contributed by atoms with Crippen molar-refractivity contribution in [3.63, 3.8) is 0 Å². The van der Waals surface area contributed by atoms with Crippen molar-refractivity contribution in [2.75, 3.05) is 25.0 Å². The molecule has 10 heteroatoms. The van der Waals surface area contributed by atoms with Crippen LogP contribution in [0.2, 0.25) is 0 Å². The van der Waals surface area contributed by atoms with Crippen molar-refractivity contribution in [1.82, 2.24) is 25.5 Å². The molecule has 2 aromatic heterocycles. The molecule has 2 aliphatic rings. The zero-order valence-electron chi connectivity index (χ0n) is 20.4. The van der Waals surface area contributed by atoms with Gasteiger partial charge in [0.2, 0.25) is 11.8 Å². The number of carboxylic acids is 1. The van der Waals surface area contributed by atoms with Gasteiger partial charge in [0.15, 0.2) is 0 Å². The summed E-state index contributed by atoms with van der Waals surface area (Å²) < 4.78 is 0. The van der Waals surface area contributed by atoms with Crippen LogP contribution in [0, 0.1) is 0 Å². The lowest BCUT2D eigenvalue weighted by Gasteiger charge is -2.21. The Morgan fingerprint density at radius 2 is 2.08 bits per heavy atom. The molecule has 4 heterocycles. The quantitative estimate of drug-likeness (QED) is 0.349. The van der Waals surface area contributed by atoms with E-state index >= 15 is 0 Å². The second-order valence-electron chi connectivity index (χ2n) is 9.50. The standard InChI is InChI=1S/C27H30N6O4/c34-24(32-23(13-25(35)36)19-12-18-4-1-2-6-21(18)29-14-19)16-33-11-9-22(27(33)37)30-15-20-8-7-17-5-3-10-28-26(17)31-20/h1-2,4,6-8,12,14,22-23,30H,3,5,9-11,13,15-16H2,(H,28,31)(H,32,34)(H,35,36)/t22-,23?/m0/s1. The van der Waals surface area contributed by atoms with E-state index in [4.69, 9.17) is 0 Å². The summed E-state index contributed by atoms with van der Waals surface area (Å²) in [7, 11) is 0. The highest BCUT2D eigenvalue weighted by molar-refractivity contribution is 5.89. The van der Waals surface area contributed by atoms with Crippen LogP contribution in [-0.4, -0.2) is 63.4 Å². The van der Waals surface area contributed by atoms with E-state index in [1.807, 2.05) is 36.4 Å². The first-order chi connectivity index (χ1) is 18.0. The largest absolute Gasteiger partial charge is 0.481 e. The molecule has 1 fully saturated rings. The fourth-order valence-electron chi connectivity index (χ4n) is 4.90. The molecule has 0 saturated carbocycles. The number of para-hydroxylation sites is 1. The third-order valence-corrected chi connectivity index (χ3v) is 6.84. The van der Waals surface area contributed by atoms with Crippen molar-refractivity contribution in [3.8, 4) is 0 Å². The molecule has 37 heavy (non-hydrogen) atoms. The molecule has 2 atom stereocenters. The highest BCUT2D eigenvalue weighted by Crippen LogP contribution is 2.22. The molecular weight excluding hydrogens is 472 g/mol. The summed E-state index contributed by atoms with van der Waals surface area (Å²) in [4.78, 5) is 47.8. The second kappa shape index (κ2) is 10.9. The van der Waals surface area contributed by atoms with Crippen LogP contribution in [0.15, 0.2) is 48.7 Å². The molecule has 10 nitrogen and oxygen atoms in total. The lowest BCUT2D eigenvalue weighted by atomic mass is 10.0. The Labute approximate surface area is 214 Å². The highest BCUT2D eigenvalue weighted by atomic mass is 16.4. The van der Waals surface area contributed by atoms with E-state index in [0.717, 1.165) is 41.8 Å². The van der Waals surface area contributed by atoms with Gasteiger partial charge >= 0.3 is 5.97 Å². The number of amides is 2. The Balaban J connectivity index is 1.17. The molecular formula is C27H30N6O4. The number of pyridine rings is 2. The Bertz CT molecular complexity index is 1330. The molecule has 192 valence electrons. The number of aromatic nitrogens is 2. The van der Waals surface area contributed by atoms with Gasteiger partial charge in [-0.05, 0) is 48.6 Å². The number of anilines is 1. The Kier molecular flexibility index (Phi) is 7.27. The molecule has 3 aromatic rings. The van der Waals surface area contributed by atoms with Crippen molar-refractivity contribution < 1.29 is 19.5 Å². The van der Waals surface area contributed by atoms with Gasteiger partial charge in [0.1, 0.15) is 5.82 Å². The summed E-state index contributed by atoms with van der Waals surface area (Å²) >= 11 is 0. The minimum atomic E-state index is -1.04. The van der Waals surface area contributed by atoms with E-state index < -0.39 is 24.0 Å². The third kappa shape index (κ3) is 5.86. The monoisotopic (exact) mass is 502 g/mol. The van der Waals surface area contributed by atoms with E-state index in [1.165, 1.54) is 10.5 Å². The number of hydrogen-bond acceptors (Lipinski definition) is 7. The maximum atomic E-state index is 12.9. The van der Waals surface area contributed by atoms with Crippen LogP contribution in [0.3, 0.4) is 0 Å². The van der Waals surface area contributed by atoms with Crippen LogP contribution in [-0.2, 0) is 27.3 Å². The molecule has 1 saturated heterocycles. The number of nitrogens with one attached hydrogen (secondary N) is 3. The number of hydrogen-bond donors (Lipinski definition) is 4. The lowest BCUT2D eigenvalue weighted by molar-refractivity contribution is -0.138. The van der Waals surface area contributed by atoms with Crippen molar-refractivity contribution in [2.45, 2.75) is 44.3 Å². The average molecular weight is 503 g/mol. The number of carboxylic acid groups (broad SMARTS) is 1. The summed E-state index contributed by atoms with van der Waals surface area (Å²) in [6, 6.07) is 12.3. The van der Waals surface area contributed by atoms with Gasteiger partial charge in [0.25, 0.3) is 0 Å². The zero-order chi connectivity index (χ0) is 25.8. The third-order valence-electron chi connectivity index (χ3n) is 6.84. The fraction of sp³-hybridized carbons (Fsp3) is 0.370. The minimum absolute atomic E-state index is 0.130. The van der Waals surface area contributed by atoms with Gasteiger partial charge in [-0.15, -0.1) is 0 Å². The SMILES string of the molecule is O=C(O)CC(NC(=O)CN1CC[C@H](NCc2ccc3c(n2)NCCC3)C1=O)c1cnc2ccccc2c1. The van der Waals surface area contributed by atoms with E-state index in [-0.39, 0.29) is 18.9 Å². The Morgan fingerprint density at radius 1 is 1.22 bits per heavy atom. The summed E-state index contributed by atoms with van der Waals surface area (Å²) in [6.07, 6.45) is 4.00. The van der Waals surface area contributed by atoms with Gasteiger partial charge in [-0.2, -0.15) is 0 Å². The van der Waals surface area contributed by atoms with Gasteiger partial charge in [0, 0.05) is 31.2 Å². The van der Waals surface area contributed by atoms with Gasteiger partial charge in [0.05, 0.1) is 36.3 Å². The average Bonchev–Trinajstić information content (AvgIpc) is 3.25. The normalized spacial score (nSPS) is 17.8. The highest BCUT2D eigenvalue weighted by Gasteiger charge is 2.33. The van der Waals surface area contributed by atoms with Gasteiger partial charge in [-0.3, -0.25) is 19.4 Å². The fourth-order valence-corrected chi connectivity index (χ4v) is 4.90. The Hall–Kier alpha value is -4.05. The summed E-state index contributed by atoms with van der Waals surface area (Å²) in [5.74, 6) is -0.672. The predicted molar refractivity (Wildman–Crippen MR) is 138 cm³/mol. The maximum Gasteiger partial charge on any atom is 0.305 e. The van der Waals surface area contributed by atoms with Crippen molar-refractivity contribution in [1.29, 1.82) is 0 Å². The van der Waals surface area contributed by atoms with Crippen LogP contribution in [0.5, 0.6) is 0 Å². The number of aryl methyl sites for hydroxylation is 1. The lowest BCUT2D eigenvalue weighted by Crippen LogP contribution is -2.43. The maximum absolute atomic E-state index is 12.9. The van der Waals surface area contributed by atoms with Gasteiger partial charge < -0.3 is 26.0 Å². The van der Waals surface area contributed by atoms with Crippen molar-refractivity contribution in [3.05, 3.63) is 65.5 Å². The molecule has 0 radical (unpaired) electrons. The first kappa shape index (κ1) is 24.6. The van der Waals surface area contributed by atoms with Crippen molar-refractivity contribution in [2.24, 2.45) is 0 Å². The molecule has 1 unspecified atom stereocenters. The molecule has 1 aromatic carbocycles. The summed E-state index contributed by atoms with van der Waals surface area (Å²) in [5.41, 5.74) is 3.46. The molecule has 4 N–H and O–H groups in total. The molecule has 0 aliphatic carbocycles. The summed E-state index contributed by atoms with van der Waals surface area (Å²) in [6.45, 7) is 1.69. The minimum Gasteiger partial charge on any atom is -0.481 e. The van der Waals surface area contributed by atoms with E-state index in [2.05, 4.69) is 32.0 Å². The number of carbonyl (C=O) groups is 3. The van der Waals surface area contributed by atoms with Crippen molar-refractivity contribution >= 4 is 34.5 Å². The van der Waals surface area contributed by atoms with Crippen LogP contribution < -0.4 is 16.0 Å². The van der Waals surface area contributed by atoms with Crippen LogP contribution in [0.4, 0.5) is 5.82 Å². The summed E-state index contributed by atoms with van der Waals surface area (Å²) in [5, 5.41) is 19.6. The van der Waals surface area contributed by atoms with E-state index in [9.17, 15) is 19.5 Å². The molecule has 0 bridgehead atoms. The van der Waals surface area contributed by atoms with Crippen LogP contribution in [0.1, 0.15) is 42.1 Å². The van der Waals surface area contributed by atoms with Gasteiger partial charge in [-0.25, -0.2) is 4.98 Å². The number of likely N-dealkylation sites (tertiary alicyclic amines) is 1. The van der Waals surface area contributed by atoms with Crippen LogP contribution in [0.25, 0.3) is 10.9 Å². The number of benzene rings is 1. The number of fused-ring (bicyclic) bond motifs is 2. The number of nitrogens with zero attached hydrogens (tertiary/aromatic N) is 3. The zero-order valence-corrected chi connectivity index (χ0v) is 20.4.